The van der Waals surface area contributed by atoms with E-state index in [1.54, 1.807) is 7.11 Å². The van der Waals surface area contributed by atoms with Gasteiger partial charge in [0.15, 0.2) is 0 Å². The summed E-state index contributed by atoms with van der Waals surface area (Å²) >= 11 is 0. The van der Waals surface area contributed by atoms with Gasteiger partial charge >= 0.3 is 0 Å². The summed E-state index contributed by atoms with van der Waals surface area (Å²) in [5.41, 5.74) is 3.80. The fourth-order valence-corrected chi connectivity index (χ4v) is 3.53. The molecule has 0 unspecified atom stereocenters. The Labute approximate surface area is 148 Å². The topological polar surface area (TPSA) is 70.2 Å². The number of rotatable bonds is 5. The fraction of sp³-hybridized carbons (Fsp3) is 0.474. The summed E-state index contributed by atoms with van der Waals surface area (Å²) in [4.78, 5) is 14.7. The van der Waals surface area contributed by atoms with E-state index in [4.69, 9.17) is 4.74 Å². The second-order valence-electron chi connectivity index (χ2n) is 6.84. The summed E-state index contributed by atoms with van der Waals surface area (Å²) in [6.45, 7) is 7.28. The molecule has 1 fully saturated rings. The van der Waals surface area contributed by atoms with Crippen molar-refractivity contribution >= 4 is 11.6 Å². The first kappa shape index (κ1) is 17.5. The minimum Gasteiger partial charge on any atom is -0.497 e. The molecule has 1 aliphatic heterocycles. The van der Waals surface area contributed by atoms with E-state index in [1.165, 1.54) is 5.56 Å². The highest BCUT2D eigenvalue weighted by Gasteiger charge is 2.31. The molecule has 6 nitrogen and oxygen atoms in total. The number of hydrogen-bond acceptors (Lipinski definition) is 4. The van der Waals surface area contributed by atoms with E-state index in [-0.39, 0.29) is 5.91 Å². The number of benzene rings is 1. The maximum atomic E-state index is 12.4. The number of aromatic amines is 1. The van der Waals surface area contributed by atoms with Crippen molar-refractivity contribution in [2.45, 2.75) is 39.2 Å². The van der Waals surface area contributed by atoms with Crippen molar-refractivity contribution in [2.24, 2.45) is 0 Å². The van der Waals surface area contributed by atoms with E-state index in [0.29, 0.717) is 18.5 Å². The number of likely N-dealkylation sites (tertiary alicyclic amines) is 1. The number of carbonyl (C=O) groups is 1. The number of carbonyl (C=O) groups excluding carboxylic acids is 1. The molecule has 134 valence electrons. The van der Waals surface area contributed by atoms with Gasteiger partial charge in [-0.2, -0.15) is 5.10 Å². The van der Waals surface area contributed by atoms with Gasteiger partial charge in [0.2, 0.25) is 5.91 Å². The van der Waals surface area contributed by atoms with E-state index in [0.717, 1.165) is 35.8 Å². The standard InChI is InChI=1S/C19H26N4O2/c1-12-9-16(15-5-7-17(25-4)8-6-15)10-23(12)11-18(24)20-19-13(2)21-22-14(19)3/h5-8,12,16H,9-11H2,1-4H3,(H,20,24)(H,21,22)/t12-,16+/m1/s1. The average molecular weight is 342 g/mol. The van der Waals surface area contributed by atoms with Crippen LogP contribution in [0.15, 0.2) is 24.3 Å². The Morgan fingerprint density at radius 3 is 2.68 bits per heavy atom. The van der Waals surface area contributed by atoms with Gasteiger partial charge in [-0.25, -0.2) is 0 Å². The number of H-pyrrole nitrogens is 1. The number of amides is 1. The lowest BCUT2D eigenvalue weighted by Gasteiger charge is -2.20. The Balaban J connectivity index is 1.60. The molecule has 2 N–H and O–H groups in total. The molecule has 2 heterocycles. The molecule has 3 rings (SSSR count). The van der Waals surface area contributed by atoms with Gasteiger partial charge in [-0.15, -0.1) is 0 Å². The summed E-state index contributed by atoms with van der Waals surface area (Å²) in [7, 11) is 1.68. The zero-order valence-corrected chi connectivity index (χ0v) is 15.3. The van der Waals surface area contributed by atoms with Gasteiger partial charge in [0.1, 0.15) is 5.75 Å². The van der Waals surface area contributed by atoms with Crippen LogP contribution in [0.3, 0.4) is 0 Å². The van der Waals surface area contributed by atoms with Crippen LogP contribution < -0.4 is 10.1 Å². The van der Waals surface area contributed by atoms with E-state index < -0.39 is 0 Å². The zero-order chi connectivity index (χ0) is 18.0. The number of nitrogens with one attached hydrogen (secondary N) is 2. The third-order valence-corrected chi connectivity index (χ3v) is 5.03. The molecular weight excluding hydrogens is 316 g/mol. The van der Waals surface area contributed by atoms with Crippen LogP contribution in [0.25, 0.3) is 0 Å². The molecule has 2 aromatic rings. The lowest BCUT2D eigenvalue weighted by Crippen LogP contribution is -2.35. The summed E-state index contributed by atoms with van der Waals surface area (Å²) in [5.74, 6) is 1.33. The summed E-state index contributed by atoms with van der Waals surface area (Å²) < 4.78 is 5.22. The van der Waals surface area contributed by atoms with Gasteiger partial charge < -0.3 is 10.1 Å². The van der Waals surface area contributed by atoms with Crippen LogP contribution in [0.1, 0.15) is 36.2 Å². The van der Waals surface area contributed by atoms with Crippen molar-refractivity contribution in [1.29, 1.82) is 0 Å². The van der Waals surface area contributed by atoms with Gasteiger partial charge in [0.05, 0.1) is 30.7 Å². The number of methoxy groups -OCH3 is 1. The molecule has 6 heteroatoms. The van der Waals surface area contributed by atoms with Crippen LogP contribution >= 0.6 is 0 Å². The molecule has 1 aromatic heterocycles. The molecule has 2 atom stereocenters. The van der Waals surface area contributed by atoms with Crippen LogP contribution in [0.5, 0.6) is 5.75 Å². The van der Waals surface area contributed by atoms with Gasteiger partial charge in [-0.1, -0.05) is 12.1 Å². The highest BCUT2D eigenvalue weighted by Crippen LogP contribution is 2.32. The molecular formula is C19H26N4O2. The molecule has 1 saturated heterocycles. The van der Waals surface area contributed by atoms with E-state index in [9.17, 15) is 4.79 Å². The molecule has 1 amide bonds. The average Bonchev–Trinajstić information content (AvgIpc) is 3.12. The summed E-state index contributed by atoms with van der Waals surface area (Å²) in [6.07, 6.45) is 1.06. The van der Waals surface area contributed by atoms with E-state index >= 15 is 0 Å². The largest absolute Gasteiger partial charge is 0.497 e. The molecule has 0 radical (unpaired) electrons. The molecule has 25 heavy (non-hydrogen) atoms. The third-order valence-electron chi connectivity index (χ3n) is 5.03. The summed E-state index contributed by atoms with van der Waals surface area (Å²) in [6, 6.07) is 8.62. The molecule has 0 spiro atoms. The Morgan fingerprint density at radius 1 is 1.36 bits per heavy atom. The van der Waals surface area contributed by atoms with Crippen molar-refractivity contribution in [3.63, 3.8) is 0 Å². The second-order valence-corrected chi connectivity index (χ2v) is 6.84. The zero-order valence-electron chi connectivity index (χ0n) is 15.3. The number of ether oxygens (including phenoxy) is 1. The first-order valence-corrected chi connectivity index (χ1v) is 8.67. The van der Waals surface area contributed by atoms with Crippen molar-refractivity contribution in [1.82, 2.24) is 15.1 Å². The Hall–Kier alpha value is -2.34. The minimum atomic E-state index is 0.00910. The Kier molecular flexibility index (Phi) is 5.08. The van der Waals surface area contributed by atoms with Gasteiger partial charge in [0, 0.05) is 12.6 Å². The van der Waals surface area contributed by atoms with Crippen molar-refractivity contribution in [3.05, 3.63) is 41.2 Å². The SMILES string of the molecule is COc1ccc([C@H]2C[C@@H](C)N(CC(=O)Nc3c(C)n[nH]c3C)C2)cc1. The van der Waals surface area contributed by atoms with Crippen LogP contribution in [0, 0.1) is 13.8 Å². The Bertz CT molecular complexity index is 719. The normalized spacial score (nSPS) is 20.6. The second kappa shape index (κ2) is 7.27. The van der Waals surface area contributed by atoms with Gasteiger partial charge in [-0.3, -0.25) is 14.8 Å². The number of nitrogens with zero attached hydrogens (tertiary/aromatic N) is 2. The number of aromatic nitrogens is 2. The van der Waals surface area contributed by atoms with Crippen molar-refractivity contribution in [2.75, 3.05) is 25.5 Å². The van der Waals surface area contributed by atoms with Gasteiger partial charge in [-0.05, 0) is 50.8 Å². The highest BCUT2D eigenvalue weighted by molar-refractivity contribution is 5.93. The Morgan fingerprint density at radius 2 is 2.08 bits per heavy atom. The maximum Gasteiger partial charge on any atom is 0.238 e. The molecule has 1 aliphatic rings. The van der Waals surface area contributed by atoms with Crippen LogP contribution in [0.2, 0.25) is 0 Å². The predicted octanol–water partition coefficient (Wildman–Crippen LogP) is 2.85. The van der Waals surface area contributed by atoms with Crippen molar-refractivity contribution in [3.8, 4) is 5.75 Å². The van der Waals surface area contributed by atoms with Crippen LogP contribution in [-0.4, -0.2) is 47.2 Å². The third kappa shape index (κ3) is 3.85. The van der Waals surface area contributed by atoms with E-state index in [2.05, 4.69) is 39.5 Å². The number of hydrogen-bond donors (Lipinski definition) is 2. The maximum absolute atomic E-state index is 12.4. The smallest absolute Gasteiger partial charge is 0.238 e. The van der Waals surface area contributed by atoms with Crippen LogP contribution in [0.4, 0.5) is 5.69 Å². The quantitative estimate of drug-likeness (QED) is 0.876. The molecule has 1 aromatic carbocycles. The molecule has 0 saturated carbocycles. The molecule has 0 bridgehead atoms. The lowest BCUT2D eigenvalue weighted by molar-refractivity contribution is -0.117. The lowest BCUT2D eigenvalue weighted by atomic mass is 9.97. The fourth-order valence-electron chi connectivity index (χ4n) is 3.53. The monoisotopic (exact) mass is 342 g/mol. The minimum absolute atomic E-state index is 0.00910. The first-order valence-electron chi connectivity index (χ1n) is 8.67. The van der Waals surface area contributed by atoms with E-state index in [1.807, 2.05) is 26.0 Å². The van der Waals surface area contributed by atoms with Crippen molar-refractivity contribution < 1.29 is 9.53 Å². The first-order chi connectivity index (χ1) is 12.0. The number of aryl methyl sites for hydroxylation is 2. The van der Waals surface area contributed by atoms with Crippen LogP contribution in [-0.2, 0) is 4.79 Å². The number of anilines is 1. The molecule has 0 aliphatic carbocycles. The van der Waals surface area contributed by atoms with Gasteiger partial charge in [0.25, 0.3) is 0 Å². The summed E-state index contributed by atoms with van der Waals surface area (Å²) in [5, 5.41) is 10.00. The predicted molar refractivity (Wildman–Crippen MR) is 98.1 cm³/mol. The highest BCUT2D eigenvalue weighted by atomic mass is 16.5.